The molecule has 0 aromatic heterocycles. The second-order valence-corrected chi connectivity index (χ2v) is 3.59. The van der Waals surface area contributed by atoms with Crippen LogP contribution >= 0.6 is 0 Å². The third-order valence-corrected chi connectivity index (χ3v) is 1.88. The van der Waals surface area contributed by atoms with Crippen molar-refractivity contribution >= 4 is 17.8 Å². The lowest BCUT2D eigenvalue weighted by molar-refractivity contribution is -0.150. The number of hydrogen-bond donors (Lipinski definition) is 5. The van der Waals surface area contributed by atoms with E-state index in [9.17, 15) is 14.4 Å². The van der Waals surface area contributed by atoms with Crippen molar-refractivity contribution in [3.05, 3.63) is 0 Å². The van der Waals surface area contributed by atoms with Gasteiger partial charge in [-0.05, 0) is 21.0 Å². The maximum absolute atomic E-state index is 11.3. The van der Waals surface area contributed by atoms with E-state index in [0.717, 1.165) is 0 Å². The van der Waals surface area contributed by atoms with Crippen LogP contribution in [-0.2, 0) is 14.4 Å². The van der Waals surface area contributed by atoms with Gasteiger partial charge in [0.15, 0.2) is 0 Å². The van der Waals surface area contributed by atoms with Crippen molar-refractivity contribution in [2.24, 2.45) is 0 Å². The van der Waals surface area contributed by atoms with Crippen LogP contribution in [0.25, 0.3) is 0 Å². The average Bonchev–Trinajstić information content (AvgIpc) is 2.17. The summed E-state index contributed by atoms with van der Waals surface area (Å²) in [6, 6.07) is 0. The molecule has 0 bridgehead atoms. The molecule has 5 N–H and O–H groups in total. The number of likely N-dealkylation sites (N-methyl/N-ethyl adjacent to an activating group) is 2. The molecule has 0 saturated heterocycles. The zero-order valence-electron chi connectivity index (χ0n) is 10.1. The van der Waals surface area contributed by atoms with Gasteiger partial charge in [-0.3, -0.25) is 9.59 Å². The number of carbonyl (C=O) groups is 3. The minimum Gasteiger partial charge on any atom is -0.478 e. The van der Waals surface area contributed by atoms with E-state index in [4.69, 9.17) is 5.11 Å². The first-order valence-electron chi connectivity index (χ1n) is 5.00. The van der Waals surface area contributed by atoms with Gasteiger partial charge in [-0.2, -0.15) is 0 Å². The lowest BCUT2D eigenvalue weighted by Crippen LogP contribution is -2.65. The summed E-state index contributed by atoms with van der Waals surface area (Å²) in [5, 5.41) is 18.6. The number of hydrogen-bond acceptors (Lipinski definition) is 5. The van der Waals surface area contributed by atoms with Gasteiger partial charge in [0.05, 0.1) is 13.1 Å². The lowest BCUT2D eigenvalue weighted by Gasteiger charge is -2.27. The summed E-state index contributed by atoms with van der Waals surface area (Å²) in [6.45, 7) is 1.13. The van der Waals surface area contributed by atoms with Crippen LogP contribution in [0.15, 0.2) is 0 Å². The predicted octanol–water partition coefficient (Wildman–Crippen LogP) is -2.54. The fraction of sp³-hybridized carbons (Fsp3) is 0.667. The first kappa shape index (κ1) is 15.3. The number of nitrogens with one attached hydrogen (secondary N) is 4. The minimum absolute atomic E-state index is 0.0369. The SMILES string of the molecule is CNCC(=O)NC(C)(NC(=O)CNC)C(=O)O. The van der Waals surface area contributed by atoms with Crippen LogP contribution in [-0.4, -0.2) is 55.7 Å². The summed E-state index contributed by atoms with van der Waals surface area (Å²) in [5.41, 5.74) is -1.82. The number of aliphatic carboxylic acids is 1. The maximum Gasteiger partial charge on any atom is 0.350 e. The zero-order chi connectivity index (χ0) is 13.5. The van der Waals surface area contributed by atoms with Crippen LogP contribution in [0.1, 0.15) is 6.92 Å². The number of carboxylic acids is 1. The zero-order valence-corrected chi connectivity index (χ0v) is 10.1. The second-order valence-electron chi connectivity index (χ2n) is 3.59. The molecule has 2 amide bonds. The van der Waals surface area contributed by atoms with Gasteiger partial charge in [0.2, 0.25) is 17.5 Å². The molecule has 0 aromatic carbocycles. The quantitative estimate of drug-likeness (QED) is 0.316. The van der Waals surface area contributed by atoms with Crippen molar-refractivity contribution in [1.82, 2.24) is 21.3 Å². The Hall–Kier alpha value is -1.67. The van der Waals surface area contributed by atoms with Crippen LogP contribution in [0.2, 0.25) is 0 Å². The van der Waals surface area contributed by atoms with E-state index in [0.29, 0.717) is 0 Å². The van der Waals surface area contributed by atoms with Gasteiger partial charge in [-0.1, -0.05) is 0 Å². The predicted molar refractivity (Wildman–Crippen MR) is 60.2 cm³/mol. The van der Waals surface area contributed by atoms with Gasteiger partial charge in [-0.25, -0.2) is 4.79 Å². The summed E-state index contributed by atoms with van der Waals surface area (Å²) in [7, 11) is 3.11. The highest BCUT2D eigenvalue weighted by Gasteiger charge is 2.36. The van der Waals surface area contributed by atoms with Crippen LogP contribution in [0.4, 0.5) is 0 Å². The Balaban J connectivity index is 4.62. The molecule has 8 heteroatoms. The second kappa shape index (κ2) is 6.81. The van der Waals surface area contributed by atoms with E-state index >= 15 is 0 Å². The molecule has 0 heterocycles. The fourth-order valence-electron chi connectivity index (χ4n) is 1.11. The van der Waals surface area contributed by atoms with E-state index < -0.39 is 23.4 Å². The third-order valence-electron chi connectivity index (χ3n) is 1.88. The lowest BCUT2D eigenvalue weighted by atomic mass is 10.2. The minimum atomic E-state index is -1.82. The molecule has 0 aliphatic heterocycles. The monoisotopic (exact) mass is 246 g/mol. The Morgan fingerprint density at radius 2 is 1.35 bits per heavy atom. The number of amides is 2. The molecule has 8 nitrogen and oxygen atoms in total. The van der Waals surface area contributed by atoms with Gasteiger partial charge in [-0.15, -0.1) is 0 Å². The normalized spacial score (nSPS) is 10.8. The molecule has 0 spiro atoms. The van der Waals surface area contributed by atoms with Crippen LogP contribution in [0.5, 0.6) is 0 Å². The molecule has 0 aliphatic carbocycles. The van der Waals surface area contributed by atoms with E-state index in [2.05, 4.69) is 21.3 Å². The molecule has 0 saturated carbocycles. The molecular weight excluding hydrogens is 228 g/mol. The van der Waals surface area contributed by atoms with Gasteiger partial charge < -0.3 is 26.4 Å². The van der Waals surface area contributed by atoms with Crippen molar-refractivity contribution in [3.8, 4) is 0 Å². The Bertz CT molecular complexity index is 285. The Morgan fingerprint density at radius 1 is 1.00 bits per heavy atom. The van der Waals surface area contributed by atoms with Gasteiger partial charge >= 0.3 is 5.97 Å². The smallest absolute Gasteiger partial charge is 0.350 e. The van der Waals surface area contributed by atoms with Gasteiger partial charge in [0.25, 0.3) is 0 Å². The molecule has 17 heavy (non-hydrogen) atoms. The standard InChI is InChI=1S/C9H18N4O4/c1-9(8(16)17,12-6(14)4-10-2)13-7(15)5-11-3/h10-11H,4-5H2,1-3H3,(H,12,14)(H,13,15)(H,16,17). The largest absolute Gasteiger partial charge is 0.478 e. The van der Waals surface area contributed by atoms with Crippen LogP contribution in [0.3, 0.4) is 0 Å². The summed E-state index contributed by atoms with van der Waals surface area (Å²) in [6.07, 6.45) is 0. The molecule has 0 aromatic rings. The number of rotatable bonds is 7. The molecule has 0 aliphatic rings. The highest BCUT2D eigenvalue weighted by atomic mass is 16.4. The molecular formula is C9H18N4O4. The van der Waals surface area contributed by atoms with Crippen molar-refractivity contribution in [3.63, 3.8) is 0 Å². The molecule has 0 atom stereocenters. The topological polar surface area (TPSA) is 120 Å². The summed E-state index contributed by atoms with van der Waals surface area (Å²) < 4.78 is 0. The van der Waals surface area contributed by atoms with Gasteiger partial charge in [0, 0.05) is 0 Å². The first-order chi connectivity index (χ1) is 7.85. The molecule has 0 radical (unpaired) electrons. The Labute approximate surface area is 99.1 Å². The first-order valence-corrected chi connectivity index (χ1v) is 5.00. The van der Waals surface area contributed by atoms with Crippen molar-refractivity contribution in [2.45, 2.75) is 12.6 Å². The molecule has 0 fully saturated rings. The third kappa shape index (κ3) is 5.27. The fourth-order valence-corrected chi connectivity index (χ4v) is 1.11. The number of carboxylic acid groups (broad SMARTS) is 1. The average molecular weight is 246 g/mol. The molecule has 0 unspecified atom stereocenters. The van der Waals surface area contributed by atoms with E-state index in [-0.39, 0.29) is 13.1 Å². The van der Waals surface area contributed by atoms with E-state index in [1.165, 1.54) is 6.92 Å². The van der Waals surface area contributed by atoms with Crippen molar-refractivity contribution < 1.29 is 19.5 Å². The molecule has 98 valence electrons. The van der Waals surface area contributed by atoms with Gasteiger partial charge in [0.1, 0.15) is 0 Å². The Morgan fingerprint density at radius 3 is 1.59 bits per heavy atom. The summed E-state index contributed by atoms with van der Waals surface area (Å²) >= 11 is 0. The van der Waals surface area contributed by atoms with E-state index in [1.54, 1.807) is 14.1 Å². The van der Waals surface area contributed by atoms with Crippen molar-refractivity contribution in [1.29, 1.82) is 0 Å². The maximum atomic E-state index is 11.3. The number of carbonyl (C=O) groups excluding carboxylic acids is 2. The highest BCUT2D eigenvalue weighted by molar-refractivity contribution is 5.91. The summed E-state index contributed by atoms with van der Waals surface area (Å²) in [4.78, 5) is 33.6. The molecule has 0 rings (SSSR count). The van der Waals surface area contributed by atoms with Crippen LogP contribution in [0, 0.1) is 0 Å². The highest BCUT2D eigenvalue weighted by Crippen LogP contribution is 1.98. The Kier molecular flexibility index (Phi) is 6.15. The van der Waals surface area contributed by atoms with E-state index in [1.807, 2.05) is 0 Å². The van der Waals surface area contributed by atoms with Crippen LogP contribution < -0.4 is 21.3 Å². The van der Waals surface area contributed by atoms with Crippen molar-refractivity contribution in [2.75, 3.05) is 27.2 Å². The summed E-state index contributed by atoms with van der Waals surface area (Å²) in [5.74, 6) is -2.39.